The minimum Gasteiger partial charge on any atom is -0.496 e. The Bertz CT molecular complexity index is 960. The van der Waals surface area contributed by atoms with Crippen LogP contribution in [0.15, 0.2) is 58.4 Å². The van der Waals surface area contributed by atoms with Gasteiger partial charge >= 0.3 is 0 Å². The molecule has 0 bridgehead atoms. The number of methoxy groups -OCH3 is 1. The first-order valence-electron chi connectivity index (χ1n) is 7.45. The van der Waals surface area contributed by atoms with E-state index in [9.17, 15) is 18.5 Å². The molecule has 0 aromatic heterocycles. The molecule has 0 unspecified atom stereocenters. The largest absolute Gasteiger partial charge is 0.496 e. The normalized spacial score (nSPS) is 11.0. The lowest BCUT2D eigenvalue weighted by atomic mass is 10.1. The van der Waals surface area contributed by atoms with E-state index in [1.54, 1.807) is 0 Å². The van der Waals surface area contributed by atoms with Gasteiger partial charge in [0.05, 0.1) is 39.2 Å². The smallest absolute Gasteiger partial charge is 0.274 e. The van der Waals surface area contributed by atoms with Crippen molar-refractivity contribution in [2.45, 2.75) is 11.8 Å². The Balaban J connectivity index is 2.63. The molecule has 0 radical (unpaired) electrons. The van der Waals surface area contributed by atoms with Gasteiger partial charge in [-0.2, -0.15) is 0 Å². The molecule has 0 amide bonds. The molecule has 0 spiro atoms. The van der Waals surface area contributed by atoms with Crippen LogP contribution in [-0.2, 0) is 10.0 Å². The van der Waals surface area contributed by atoms with Crippen LogP contribution in [0.1, 0.15) is 5.56 Å². The number of hydrogen-bond donors (Lipinski definition) is 0. The van der Waals surface area contributed by atoms with Crippen molar-refractivity contribution >= 4 is 37.3 Å². The number of ether oxygens (including phenoxy) is 1. The van der Waals surface area contributed by atoms with Crippen LogP contribution >= 0.6 is 15.9 Å². The molecule has 0 saturated heterocycles. The molecule has 2 aromatic rings. The van der Waals surface area contributed by atoms with Crippen molar-refractivity contribution in [2.24, 2.45) is 0 Å². The zero-order valence-electron chi connectivity index (χ0n) is 14.2. The van der Waals surface area contributed by atoms with Crippen molar-refractivity contribution in [3.05, 3.63) is 69.2 Å². The summed E-state index contributed by atoms with van der Waals surface area (Å²) < 4.78 is 33.0. The van der Waals surface area contributed by atoms with Crippen molar-refractivity contribution in [1.82, 2.24) is 0 Å². The standard InChI is InChI=1S/C17H17BrN2O5S/c1-4-10-19(15-6-5-7-16(12(15)2)20(21)22)26(23,24)13-8-9-17(25-3)14(18)11-13/h4-9,11H,1,10H2,2-3H3. The minimum absolute atomic E-state index is 0.0259. The molecule has 0 heterocycles. The molecule has 0 saturated carbocycles. The minimum atomic E-state index is -3.97. The molecule has 0 N–H and O–H groups in total. The second kappa shape index (κ2) is 7.88. The third-order valence-electron chi connectivity index (χ3n) is 3.75. The van der Waals surface area contributed by atoms with Crippen LogP contribution in [0.5, 0.6) is 5.75 Å². The average molecular weight is 441 g/mol. The topological polar surface area (TPSA) is 89.8 Å². The van der Waals surface area contributed by atoms with E-state index in [1.807, 2.05) is 0 Å². The van der Waals surface area contributed by atoms with E-state index >= 15 is 0 Å². The molecule has 2 rings (SSSR count). The van der Waals surface area contributed by atoms with Crippen LogP contribution in [0.4, 0.5) is 11.4 Å². The number of benzene rings is 2. The Kier molecular flexibility index (Phi) is 6.04. The number of nitro benzene ring substituents is 1. The number of nitro groups is 1. The molecule has 2 aromatic carbocycles. The Morgan fingerprint density at radius 3 is 2.58 bits per heavy atom. The number of hydrogen-bond acceptors (Lipinski definition) is 5. The molecule has 0 aliphatic heterocycles. The maximum Gasteiger partial charge on any atom is 0.274 e. The maximum absolute atomic E-state index is 13.2. The van der Waals surface area contributed by atoms with Gasteiger partial charge in [-0.1, -0.05) is 12.1 Å². The summed E-state index contributed by atoms with van der Waals surface area (Å²) in [5.41, 5.74) is 0.337. The van der Waals surface area contributed by atoms with E-state index < -0.39 is 14.9 Å². The van der Waals surface area contributed by atoms with E-state index in [1.165, 1.54) is 56.5 Å². The fourth-order valence-corrected chi connectivity index (χ4v) is 4.67. The molecule has 9 heteroatoms. The highest BCUT2D eigenvalue weighted by atomic mass is 79.9. The van der Waals surface area contributed by atoms with Crippen LogP contribution < -0.4 is 9.04 Å². The molecule has 0 atom stereocenters. The van der Waals surface area contributed by atoms with Crippen molar-refractivity contribution in [3.8, 4) is 5.75 Å². The van der Waals surface area contributed by atoms with Gasteiger partial charge in [-0.3, -0.25) is 14.4 Å². The van der Waals surface area contributed by atoms with Gasteiger partial charge in [0.25, 0.3) is 15.7 Å². The zero-order chi connectivity index (χ0) is 19.5. The first-order valence-corrected chi connectivity index (χ1v) is 9.68. The summed E-state index contributed by atoms with van der Waals surface area (Å²) in [5, 5.41) is 11.2. The lowest BCUT2D eigenvalue weighted by Crippen LogP contribution is -2.32. The Morgan fingerprint density at radius 2 is 2.04 bits per heavy atom. The molecule has 0 aliphatic carbocycles. The summed E-state index contributed by atoms with van der Waals surface area (Å²) in [7, 11) is -2.50. The van der Waals surface area contributed by atoms with E-state index in [0.717, 1.165) is 4.31 Å². The summed E-state index contributed by atoms with van der Waals surface area (Å²) in [6.07, 6.45) is 1.42. The number of rotatable bonds is 7. The lowest BCUT2D eigenvalue weighted by molar-refractivity contribution is -0.385. The van der Waals surface area contributed by atoms with E-state index in [4.69, 9.17) is 4.74 Å². The summed E-state index contributed by atoms with van der Waals surface area (Å²) in [6.45, 7) is 5.08. The SMILES string of the molecule is C=CCN(c1cccc([N+](=O)[O-])c1C)S(=O)(=O)c1ccc(OC)c(Br)c1. The molecular formula is C17H17BrN2O5S. The third kappa shape index (κ3) is 3.73. The fraction of sp³-hybridized carbons (Fsp3) is 0.176. The molecule has 138 valence electrons. The average Bonchev–Trinajstić information content (AvgIpc) is 2.59. The molecular weight excluding hydrogens is 424 g/mol. The van der Waals surface area contributed by atoms with Gasteiger partial charge in [0, 0.05) is 6.07 Å². The number of sulfonamides is 1. The van der Waals surface area contributed by atoms with Crippen molar-refractivity contribution < 1.29 is 18.1 Å². The van der Waals surface area contributed by atoms with E-state index in [2.05, 4.69) is 22.5 Å². The number of halogens is 1. The quantitative estimate of drug-likeness (QED) is 0.367. The van der Waals surface area contributed by atoms with E-state index in [-0.39, 0.29) is 28.4 Å². The first-order chi connectivity index (χ1) is 12.2. The highest BCUT2D eigenvalue weighted by Crippen LogP contribution is 2.34. The van der Waals surface area contributed by atoms with Crippen molar-refractivity contribution in [2.75, 3.05) is 18.0 Å². The second-order valence-electron chi connectivity index (χ2n) is 5.30. The van der Waals surface area contributed by atoms with Crippen LogP contribution in [0.3, 0.4) is 0 Å². The van der Waals surface area contributed by atoms with Gasteiger partial charge in [0.1, 0.15) is 5.75 Å². The maximum atomic E-state index is 13.2. The number of nitrogens with zero attached hydrogens (tertiary/aromatic N) is 2. The first kappa shape index (κ1) is 19.9. The second-order valence-corrected chi connectivity index (χ2v) is 8.02. The van der Waals surface area contributed by atoms with Crippen LogP contribution in [0.2, 0.25) is 0 Å². The predicted molar refractivity (Wildman–Crippen MR) is 103 cm³/mol. The Labute approximate surface area is 160 Å². The molecule has 0 aliphatic rings. The molecule has 7 nitrogen and oxygen atoms in total. The van der Waals surface area contributed by atoms with Gasteiger partial charge in [0.15, 0.2) is 0 Å². The summed E-state index contributed by atoms with van der Waals surface area (Å²) in [4.78, 5) is 10.7. The van der Waals surface area contributed by atoms with E-state index in [0.29, 0.717) is 10.2 Å². The monoisotopic (exact) mass is 440 g/mol. The third-order valence-corrected chi connectivity index (χ3v) is 6.14. The predicted octanol–water partition coefficient (Wildman–Crippen LogP) is 4.06. The van der Waals surface area contributed by atoms with Crippen molar-refractivity contribution in [3.63, 3.8) is 0 Å². The van der Waals surface area contributed by atoms with Gasteiger partial charge in [-0.15, -0.1) is 6.58 Å². The van der Waals surface area contributed by atoms with Gasteiger partial charge in [-0.25, -0.2) is 8.42 Å². The summed E-state index contributed by atoms with van der Waals surface area (Å²) in [6, 6.07) is 8.70. The van der Waals surface area contributed by atoms with Crippen molar-refractivity contribution in [1.29, 1.82) is 0 Å². The highest BCUT2D eigenvalue weighted by Gasteiger charge is 2.28. The Hall–Kier alpha value is -2.39. The van der Waals surface area contributed by atoms with Crippen LogP contribution in [0, 0.1) is 17.0 Å². The van der Waals surface area contributed by atoms with Gasteiger partial charge in [-0.05, 0) is 47.1 Å². The fourth-order valence-electron chi connectivity index (χ4n) is 2.46. The molecule has 0 fully saturated rings. The lowest BCUT2D eigenvalue weighted by Gasteiger charge is -2.25. The van der Waals surface area contributed by atoms with Crippen LogP contribution in [-0.4, -0.2) is 27.0 Å². The molecule has 26 heavy (non-hydrogen) atoms. The van der Waals surface area contributed by atoms with Gasteiger partial charge in [0.2, 0.25) is 0 Å². The van der Waals surface area contributed by atoms with Gasteiger partial charge < -0.3 is 4.74 Å². The Morgan fingerprint density at radius 1 is 1.35 bits per heavy atom. The zero-order valence-corrected chi connectivity index (χ0v) is 16.6. The number of anilines is 1. The summed E-state index contributed by atoms with van der Waals surface area (Å²) >= 11 is 3.27. The summed E-state index contributed by atoms with van der Waals surface area (Å²) in [5.74, 6) is 0.491. The highest BCUT2D eigenvalue weighted by molar-refractivity contribution is 9.10. The van der Waals surface area contributed by atoms with Crippen LogP contribution in [0.25, 0.3) is 0 Å².